The van der Waals surface area contributed by atoms with E-state index in [1.165, 1.54) is 6.92 Å². The molecule has 1 nitrogen and oxygen atoms in total. The maximum atomic E-state index is 13.1. The summed E-state index contributed by atoms with van der Waals surface area (Å²) < 4.78 is 54.0. The van der Waals surface area contributed by atoms with Crippen LogP contribution >= 0.6 is 0 Å². The molecular weight excluding hydrogens is 200 g/mol. The van der Waals surface area contributed by atoms with Crippen LogP contribution in [-0.4, -0.2) is 13.3 Å². The normalized spacial score (nSPS) is 14.9. The van der Waals surface area contributed by atoms with E-state index in [4.69, 9.17) is 0 Å². The van der Waals surface area contributed by atoms with Crippen molar-refractivity contribution in [2.24, 2.45) is 0 Å². The molecule has 0 aromatic rings. The van der Waals surface area contributed by atoms with E-state index in [1.807, 2.05) is 0 Å². The molecule has 0 bridgehead atoms. The molecule has 0 radical (unpaired) electrons. The number of methoxy groups -OCH3 is 1. The van der Waals surface area contributed by atoms with Crippen LogP contribution in [0.25, 0.3) is 0 Å². The zero-order chi connectivity index (χ0) is 11.4. The summed E-state index contributed by atoms with van der Waals surface area (Å²) >= 11 is 0. The molecule has 0 amide bonds. The second-order valence-electron chi connectivity index (χ2n) is 2.29. The quantitative estimate of drug-likeness (QED) is 0.393. The third-order valence-electron chi connectivity index (χ3n) is 1.44. The van der Waals surface area contributed by atoms with Gasteiger partial charge < -0.3 is 4.74 Å². The molecule has 0 aromatic heterocycles. The Morgan fingerprint density at radius 3 is 2.07 bits per heavy atom. The fraction of sp³-hybridized carbons (Fsp3) is 0.333. The zero-order valence-corrected chi connectivity index (χ0v) is 7.78. The van der Waals surface area contributed by atoms with E-state index in [-0.39, 0.29) is 0 Å². The minimum absolute atomic E-state index is 0.415. The Morgan fingerprint density at radius 1 is 1.36 bits per heavy atom. The molecule has 5 heteroatoms. The van der Waals surface area contributed by atoms with Crippen LogP contribution in [0.5, 0.6) is 0 Å². The summed E-state index contributed by atoms with van der Waals surface area (Å²) in [6.07, 6.45) is -3.25. The first kappa shape index (κ1) is 12.7. The molecule has 0 saturated heterocycles. The highest BCUT2D eigenvalue weighted by Gasteiger charge is 2.35. The highest BCUT2D eigenvalue weighted by Crippen LogP contribution is 2.32. The van der Waals surface area contributed by atoms with Gasteiger partial charge in [0.05, 0.1) is 12.7 Å². The first-order valence-electron chi connectivity index (χ1n) is 3.68. The van der Waals surface area contributed by atoms with Gasteiger partial charge in [0.15, 0.2) is 11.6 Å². The third kappa shape index (κ3) is 2.90. The Kier molecular flexibility index (Phi) is 4.40. The molecule has 0 atom stereocenters. The molecule has 80 valence electrons. The molecule has 0 aromatic carbocycles. The largest absolute Gasteiger partial charge is 0.494 e. The number of ether oxygens (including phenoxy) is 1. The van der Waals surface area contributed by atoms with Crippen molar-refractivity contribution in [3.63, 3.8) is 0 Å². The molecule has 0 unspecified atom stereocenters. The minimum atomic E-state index is -4.77. The van der Waals surface area contributed by atoms with E-state index in [1.54, 1.807) is 0 Å². The SMILES string of the molecule is C=C/C(=C(F)\C(=C/C)OC)C(F)(F)F. The van der Waals surface area contributed by atoms with Gasteiger partial charge in [-0.25, -0.2) is 4.39 Å². The Bertz CT molecular complexity index is 273. The molecule has 0 aliphatic heterocycles. The van der Waals surface area contributed by atoms with Crippen LogP contribution in [0.15, 0.2) is 35.9 Å². The van der Waals surface area contributed by atoms with E-state index in [0.29, 0.717) is 6.08 Å². The number of rotatable bonds is 3. The molecule has 0 aliphatic carbocycles. The minimum Gasteiger partial charge on any atom is -0.494 e. The average molecular weight is 210 g/mol. The lowest BCUT2D eigenvalue weighted by Crippen LogP contribution is -2.12. The predicted molar refractivity (Wildman–Crippen MR) is 45.2 cm³/mol. The lowest BCUT2D eigenvalue weighted by Gasteiger charge is -2.10. The van der Waals surface area contributed by atoms with Crippen LogP contribution in [0.2, 0.25) is 0 Å². The standard InChI is InChI=1S/C9H10F4O/c1-4-6(9(11,12)13)8(10)7(5-2)14-3/h4-5H,1H2,2-3H3/b7-5+,8-6-. The van der Waals surface area contributed by atoms with Gasteiger partial charge in [-0.05, 0) is 13.0 Å². The number of halogens is 4. The van der Waals surface area contributed by atoms with E-state index in [2.05, 4.69) is 11.3 Å². The fourth-order valence-corrected chi connectivity index (χ4v) is 0.797. The fourth-order valence-electron chi connectivity index (χ4n) is 0.797. The first-order valence-corrected chi connectivity index (χ1v) is 3.68. The Morgan fingerprint density at radius 2 is 1.86 bits per heavy atom. The zero-order valence-electron chi connectivity index (χ0n) is 7.78. The van der Waals surface area contributed by atoms with Crippen LogP contribution in [-0.2, 0) is 4.74 Å². The lowest BCUT2D eigenvalue weighted by molar-refractivity contribution is -0.0901. The maximum Gasteiger partial charge on any atom is 0.419 e. The third-order valence-corrected chi connectivity index (χ3v) is 1.44. The van der Waals surface area contributed by atoms with Gasteiger partial charge in [0.1, 0.15) is 0 Å². The summed E-state index contributed by atoms with van der Waals surface area (Å²) in [6, 6.07) is 0. The van der Waals surface area contributed by atoms with Gasteiger partial charge in [-0.15, -0.1) is 0 Å². The lowest BCUT2D eigenvalue weighted by atomic mass is 10.2. The molecule has 0 saturated carbocycles. The Labute approximate surface area is 79.4 Å². The van der Waals surface area contributed by atoms with Crippen molar-refractivity contribution >= 4 is 0 Å². The molecule has 0 aliphatic rings. The van der Waals surface area contributed by atoms with Crippen molar-refractivity contribution in [3.8, 4) is 0 Å². The summed E-state index contributed by atoms with van der Waals surface area (Å²) in [6.45, 7) is 4.27. The van der Waals surface area contributed by atoms with E-state index >= 15 is 0 Å². The number of hydrogen-bond donors (Lipinski definition) is 0. The molecule has 0 N–H and O–H groups in total. The van der Waals surface area contributed by atoms with Gasteiger partial charge in [0.2, 0.25) is 0 Å². The van der Waals surface area contributed by atoms with Gasteiger partial charge >= 0.3 is 6.18 Å². The second-order valence-corrected chi connectivity index (χ2v) is 2.29. The maximum absolute atomic E-state index is 13.1. The van der Waals surface area contributed by atoms with Crippen molar-refractivity contribution in [2.45, 2.75) is 13.1 Å². The Hall–Kier alpha value is -1.26. The molecular formula is C9H10F4O. The van der Waals surface area contributed by atoms with Gasteiger partial charge in [0.25, 0.3) is 0 Å². The van der Waals surface area contributed by atoms with Gasteiger partial charge in [0, 0.05) is 0 Å². The van der Waals surface area contributed by atoms with Crippen LogP contribution in [0.4, 0.5) is 17.6 Å². The van der Waals surface area contributed by atoms with E-state index in [9.17, 15) is 17.6 Å². The molecule has 0 spiro atoms. The van der Waals surface area contributed by atoms with Gasteiger partial charge in [-0.3, -0.25) is 0 Å². The van der Waals surface area contributed by atoms with E-state index in [0.717, 1.165) is 13.2 Å². The van der Waals surface area contributed by atoms with Gasteiger partial charge in [-0.2, -0.15) is 13.2 Å². The number of allylic oxidation sites excluding steroid dienone is 4. The summed E-state index contributed by atoms with van der Waals surface area (Å²) in [4.78, 5) is 0. The van der Waals surface area contributed by atoms with E-state index < -0.39 is 23.3 Å². The van der Waals surface area contributed by atoms with Crippen molar-refractivity contribution < 1.29 is 22.3 Å². The average Bonchev–Trinajstić information content (AvgIpc) is 2.05. The molecule has 0 rings (SSSR count). The highest BCUT2D eigenvalue weighted by molar-refractivity contribution is 5.34. The van der Waals surface area contributed by atoms with Crippen LogP contribution in [0.3, 0.4) is 0 Å². The highest BCUT2D eigenvalue weighted by atomic mass is 19.4. The van der Waals surface area contributed by atoms with Crippen LogP contribution in [0.1, 0.15) is 6.92 Å². The van der Waals surface area contributed by atoms with Crippen molar-refractivity contribution in [1.29, 1.82) is 0 Å². The number of hydrogen-bond acceptors (Lipinski definition) is 1. The topological polar surface area (TPSA) is 9.23 Å². The monoisotopic (exact) mass is 210 g/mol. The Balaban J connectivity index is 5.34. The number of alkyl halides is 3. The summed E-state index contributed by atoms with van der Waals surface area (Å²) in [7, 11) is 1.09. The van der Waals surface area contributed by atoms with Crippen LogP contribution in [0, 0.1) is 0 Å². The van der Waals surface area contributed by atoms with Crippen molar-refractivity contribution in [1.82, 2.24) is 0 Å². The van der Waals surface area contributed by atoms with Crippen molar-refractivity contribution in [2.75, 3.05) is 7.11 Å². The summed E-state index contributed by atoms with van der Waals surface area (Å²) in [5, 5.41) is 0. The first-order chi connectivity index (χ1) is 6.38. The van der Waals surface area contributed by atoms with Gasteiger partial charge in [-0.1, -0.05) is 12.7 Å². The predicted octanol–water partition coefficient (Wildman–Crippen LogP) is 3.51. The summed E-state index contributed by atoms with van der Waals surface area (Å²) in [5.74, 6) is -1.92. The molecule has 14 heavy (non-hydrogen) atoms. The van der Waals surface area contributed by atoms with Crippen molar-refractivity contribution in [3.05, 3.63) is 35.9 Å². The van der Waals surface area contributed by atoms with Crippen LogP contribution < -0.4 is 0 Å². The smallest absolute Gasteiger partial charge is 0.419 e. The molecule has 0 fully saturated rings. The molecule has 0 heterocycles. The second kappa shape index (κ2) is 4.83. The summed E-state index contributed by atoms with van der Waals surface area (Å²) in [5.41, 5.74) is -1.44.